The van der Waals surface area contributed by atoms with Gasteiger partial charge in [0.25, 0.3) is 0 Å². The number of benzene rings is 1. The standard InChI is InChI=1S/C25H23N7O2/c1-25(15-33-16-25)30-14-18-12-28-24(29-13-18)19-7-6-17(11-26)9-22(19)34-23-10-21(31-32(23)2)20-5-3-4-8-27-20/h3-10,12-13,30H,14-16H2,1-2H3. The number of aryl methyl sites for hydroxylation is 1. The Balaban J connectivity index is 1.40. The van der Waals surface area contributed by atoms with Crippen LogP contribution in [0.3, 0.4) is 0 Å². The molecule has 0 saturated carbocycles. The Bertz CT molecular complexity index is 1340. The van der Waals surface area contributed by atoms with Gasteiger partial charge in [-0.05, 0) is 37.3 Å². The van der Waals surface area contributed by atoms with E-state index in [1.807, 2.05) is 24.3 Å². The molecule has 9 heteroatoms. The molecule has 1 N–H and O–H groups in total. The van der Waals surface area contributed by atoms with E-state index >= 15 is 0 Å². The van der Waals surface area contributed by atoms with Gasteiger partial charge >= 0.3 is 0 Å². The number of rotatable bonds is 7. The number of hydrogen-bond donors (Lipinski definition) is 1. The van der Waals surface area contributed by atoms with Crippen LogP contribution in [0.4, 0.5) is 0 Å². The summed E-state index contributed by atoms with van der Waals surface area (Å²) >= 11 is 0. The fourth-order valence-corrected chi connectivity index (χ4v) is 3.57. The summed E-state index contributed by atoms with van der Waals surface area (Å²) in [6.45, 7) is 4.19. The average molecular weight is 454 g/mol. The maximum atomic E-state index is 9.40. The number of nitrogens with zero attached hydrogens (tertiary/aromatic N) is 6. The predicted octanol–water partition coefficient (Wildman–Crippen LogP) is 3.48. The molecular formula is C25H23N7O2. The second-order valence-electron chi connectivity index (χ2n) is 8.45. The molecule has 5 rings (SSSR count). The van der Waals surface area contributed by atoms with Crippen molar-refractivity contribution in [3.63, 3.8) is 0 Å². The number of nitriles is 1. The lowest BCUT2D eigenvalue weighted by atomic mass is 10.0. The Morgan fingerprint density at radius 1 is 1.12 bits per heavy atom. The first-order valence-electron chi connectivity index (χ1n) is 10.8. The molecule has 4 aromatic rings. The molecule has 1 saturated heterocycles. The highest BCUT2D eigenvalue weighted by Crippen LogP contribution is 2.33. The molecule has 1 aliphatic heterocycles. The molecule has 0 atom stereocenters. The van der Waals surface area contributed by atoms with Crippen molar-refractivity contribution in [2.45, 2.75) is 19.0 Å². The summed E-state index contributed by atoms with van der Waals surface area (Å²) in [5.74, 6) is 1.49. The predicted molar refractivity (Wildman–Crippen MR) is 125 cm³/mol. The van der Waals surface area contributed by atoms with Crippen molar-refractivity contribution in [2.24, 2.45) is 7.05 Å². The lowest BCUT2D eigenvalue weighted by Crippen LogP contribution is -2.57. The first-order chi connectivity index (χ1) is 16.5. The van der Waals surface area contributed by atoms with E-state index in [-0.39, 0.29) is 5.54 Å². The molecule has 1 aromatic carbocycles. The molecule has 0 aliphatic carbocycles. The van der Waals surface area contributed by atoms with Gasteiger partial charge < -0.3 is 14.8 Å². The molecule has 34 heavy (non-hydrogen) atoms. The summed E-state index contributed by atoms with van der Waals surface area (Å²) in [6.07, 6.45) is 5.31. The third kappa shape index (κ3) is 4.50. The maximum absolute atomic E-state index is 9.40. The zero-order chi connectivity index (χ0) is 23.5. The van der Waals surface area contributed by atoms with Gasteiger partial charge in [0.15, 0.2) is 5.82 Å². The molecule has 4 heterocycles. The average Bonchev–Trinajstić information content (AvgIpc) is 3.22. The summed E-state index contributed by atoms with van der Waals surface area (Å²) in [7, 11) is 1.79. The van der Waals surface area contributed by atoms with Gasteiger partial charge in [-0.1, -0.05) is 6.07 Å². The number of hydrogen-bond acceptors (Lipinski definition) is 8. The van der Waals surface area contributed by atoms with Crippen molar-refractivity contribution >= 4 is 0 Å². The van der Waals surface area contributed by atoms with E-state index in [1.54, 1.807) is 48.5 Å². The van der Waals surface area contributed by atoms with Crippen LogP contribution in [0.1, 0.15) is 18.1 Å². The van der Waals surface area contributed by atoms with Crippen LogP contribution in [-0.4, -0.2) is 43.5 Å². The Labute approximate surface area is 197 Å². The molecule has 0 radical (unpaired) electrons. The van der Waals surface area contributed by atoms with E-state index in [9.17, 15) is 5.26 Å². The molecule has 1 fully saturated rings. The second kappa shape index (κ2) is 9.02. The minimum atomic E-state index is 0.00400. The van der Waals surface area contributed by atoms with Crippen LogP contribution < -0.4 is 10.1 Å². The number of pyridine rings is 1. The largest absolute Gasteiger partial charge is 0.438 e. The summed E-state index contributed by atoms with van der Waals surface area (Å²) in [4.78, 5) is 13.4. The minimum absolute atomic E-state index is 0.00400. The Hall–Kier alpha value is -4.13. The van der Waals surface area contributed by atoms with Gasteiger partial charge in [-0.2, -0.15) is 10.4 Å². The van der Waals surface area contributed by atoms with Crippen LogP contribution in [0.5, 0.6) is 11.6 Å². The van der Waals surface area contributed by atoms with Crippen molar-refractivity contribution in [1.29, 1.82) is 5.26 Å². The molecule has 170 valence electrons. The van der Waals surface area contributed by atoms with Crippen LogP contribution in [0.2, 0.25) is 0 Å². The summed E-state index contributed by atoms with van der Waals surface area (Å²) in [5.41, 5.74) is 3.56. The lowest BCUT2D eigenvalue weighted by Gasteiger charge is -2.39. The van der Waals surface area contributed by atoms with Crippen LogP contribution in [0.15, 0.2) is 61.1 Å². The molecule has 3 aromatic heterocycles. The van der Waals surface area contributed by atoms with Gasteiger partial charge in [-0.15, -0.1) is 0 Å². The van der Waals surface area contributed by atoms with E-state index in [2.05, 4.69) is 38.4 Å². The maximum Gasteiger partial charge on any atom is 0.218 e. The Kier molecular flexibility index (Phi) is 5.76. The van der Waals surface area contributed by atoms with Crippen molar-refractivity contribution in [3.05, 3.63) is 72.2 Å². The number of nitrogens with one attached hydrogen (secondary N) is 1. The third-order valence-electron chi connectivity index (χ3n) is 5.60. The lowest BCUT2D eigenvalue weighted by molar-refractivity contribution is -0.0649. The quantitative estimate of drug-likeness (QED) is 0.453. The zero-order valence-corrected chi connectivity index (χ0v) is 18.9. The monoisotopic (exact) mass is 453 g/mol. The number of aromatic nitrogens is 5. The molecular weight excluding hydrogens is 430 g/mol. The molecule has 0 bridgehead atoms. The van der Waals surface area contributed by atoms with Gasteiger partial charge in [0.1, 0.15) is 11.4 Å². The molecule has 0 unspecified atom stereocenters. The SMILES string of the molecule is Cn1nc(-c2ccccn2)cc1Oc1cc(C#N)ccc1-c1ncc(CNC2(C)COC2)cn1. The van der Waals surface area contributed by atoms with Crippen LogP contribution in [-0.2, 0) is 18.3 Å². The first-order valence-corrected chi connectivity index (χ1v) is 10.8. The van der Waals surface area contributed by atoms with Crippen LogP contribution in [0.25, 0.3) is 22.8 Å². The summed E-state index contributed by atoms with van der Waals surface area (Å²) in [5, 5.41) is 17.4. The van der Waals surface area contributed by atoms with Gasteiger partial charge in [0.05, 0.1) is 41.6 Å². The van der Waals surface area contributed by atoms with Crippen molar-refractivity contribution in [2.75, 3.05) is 13.2 Å². The van der Waals surface area contributed by atoms with E-state index in [1.165, 1.54) is 0 Å². The van der Waals surface area contributed by atoms with Crippen molar-refractivity contribution in [1.82, 2.24) is 30.0 Å². The smallest absolute Gasteiger partial charge is 0.218 e. The highest BCUT2D eigenvalue weighted by molar-refractivity contribution is 5.66. The summed E-state index contributed by atoms with van der Waals surface area (Å²) < 4.78 is 13.1. The number of ether oxygens (including phenoxy) is 2. The fraction of sp³-hybridized carbons (Fsp3) is 0.240. The molecule has 9 nitrogen and oxygen atoms in total. The van der Waals surface area contributed by atoms with E-state index in [4.69, 9.17) is 9.47 Å². The molecule has 0 amide bonds. The molecule has 0 spiro atoms. The second-order valence-corrected chi connectivity index (χ2v) is 8.45. The van der Waals surface area contributed by atoms with Gasteiger partial charge in [-0.25, -0.2) is 14.6 Å². The molecule has 1 aliphatic rings. The van der Waals surface area contributed by atoms with Gasteiger partial charge in [0.2, 0.25) is 5.88 Å². The minimum Gasteiger partial charge on any atom is -0.438 e. The van der Waals surface area contributed by atoms with Gasteiger partial charge in [0, 0.05) is 43.8 Å². The van der Waals surface area contributed by atoms with Crippen LogP contribution in [0, 0.1) is 11.3 Å². The Morgan fingerprint density at radius 3 is 2.62 bits per heavy atom. The van der Waals surface area contributed by atoms with Crippen molar-refractivity contribution < 1.29 is 9.47 Å². The Morgan fingerprint density at radius 2 is 1.94 bits per heavy atom. The topological polar surface area (TPSA) is 111 Å². The first kappa shape index (κ1) is 21.7. The summed E-state index contributed by atoms with van der Waals surface area (Å²) in [6, 6.07) is 14.8. The normalized spacial score (nSPS) is 14.3. The highest BCUT2D eigenvalue weighted by atomic mass is 16.5. The van der Waals surface area contributed by atoms with E-state index in [0.29, 0.717) is 54.0 Å². The van der Waals surface area contributed by atoms with E-state index < -0.39 is 0 Å². The van der Waals surface area contributed by atoms with Crippen LogP contribution >= 0.6 is 0 Å². The zero-order valence-electron chi connectivity index (χ0n) is 18.9. The highest BCUT2D eigenvalue weighted by Gasteiger charge is 2.32. The third-order valence-corrected chi connectivity index (χ3v) is 5.60. The van der Waals surface area contributed by atoms with Gasteiger partial charge in [-0.3, -0.25) is 4.98 Å². The van der Waals surface area contributed by atoms with E-state index in [0.717, 1.165) is 11.3 Å². The van der Waals surface area contributed by atoms with Crippen molar-refractivity contribution in [3.8, 4) is 40.5 Å². The fourth-order valence-electron chi connectivity index (χ4n) is 3.57.